The predicted octanol–water partition coefficient (Wildman–Crippen LogP) is 0.0456. The number of methoxy groups -OCH3 is 1. The second kappa shape index (κ2) is 4.16. The van der Waals surface area contributed by atoms with E-state index in [9.17, 15) is 8.42 Å². The van der Waals surface area contributed by atoms with E-state index in [0.29, 0.717) is 19.7 Å². The minimum absolute atomic E-state index is 0.285. The van der Waals surface area contributed by atoms with Crippen LogP contribution < -0.4 is 5.32 Å². The van der Waals surface area contributed by atoms with Gasteiger partial charge in [-0.3, -0.25) is 0 Å². The summed E-state index contributed by atoms with van der Waals surface area (Å²) >= 11 is 0. The van der Waals surface area contributed by atoms with Crippen LogP contribution in [-0.2, 0) is 14.6 Å². The molecule has 14 heavy (non-hydrogen) atoms. The topological polar surface area (TPSA) is 55.4 Å². The standard InChI is InChI=1S/C9H19NO3S/c1-8-6-9(8,14(3,11)12)7-10-4-5-13-2/h8,10H,4-7H2,1-3H3. The van der Waals surface area contributed by atoms with E-state index in [1.54, 1.807) is 7.11 Å². The van der Waals surface area contributed by atoms with Gasteiger partial charge in [-0.05, 0) is 12.3 Å². The third kappa shape index (κ3) is 2.27. The first-order chi connectivity index (χ1) is 6.44. The van der Waals surface area contributed by atoms with E-state index >= 15 is 0 Å². The van der Waals surface area contributed by atoms with Crippen molar-refractivity contribution in [1.82, 2.24) is 5.32 Å². The molecule has 1 aliphatic carbocycles. The first kappa shape index (κ1) is 11.9. The number of sulfone groups is 1. The molecule has 0 heterocycles. The highest BCUT2D eigenvalue weighted by Gasteiger charge is 2.58. The van der Waals surface area contributed by atoms with Gasteiger partial charge >= 0.3 is 0 Å². The number of ether oxygens (including phenoxy) is 1. The zero-order valence-electron chi connectivity index (χ0n) is 9.04. The van der Waals surface area contributed by atoms with Gasteiger partial charge in [-0.1, -0.05) is 6.92 Å². The highest BCUT2D eigenvalue weighted by molar-refractivity contribution is 7.92. The van der Waals surface area contributed by atoms with E-state index in [0.717, 1.165) is 6.42 Å². The van der Waals surface area contributed by atoms with Gasteiger partial charge in [-0.2, -0.15) is 0 Å². The Labute approximate surface area is 85.9 Å². The molecular weight excluding hydrogens is 202 g/mol. The van der Waals surface area contributed by atoms with E-state index in [-0.39, 0.29) is 5.92 Å². The van der Waals surface area contributed by atoms with Gasteiger partial charge in [0.05, 0.1) is 11.4 Å². The highest BCUT2D eigenvalue weighted by Crippen LogP contribution is 2.48. The molecule has 5 heteroatoms. The molecule has 1 N–H and O–H groups in total. The van der Waals surface area contributed by atoms with Crippen molar-refractivity contribution in [2.24, 2.45) is 5.92 Å². The van der Waals surface area contributed by atoms with Crippen molar-refractivity contribution in [3.05, 3.63) is 0 Å². The first-order valence-corrected chi connectivity index (χ1v) is 6.72. The largest absolute Gasteiger partial charge is 0.383 e. The Morgan fingerprint density at radius 2 is 2.14 bits per heavy atom. The Hall–Kier alpha value is -0.130. The molecule has 1 saturated carbocycles. The lowest BCUT2D eigenvalue weighted by Crippen LogP contribution is -2.37. The van der Waals surface area contributed by atoms with Crippen LogP contribution >= 0.6 is 0 Å². The van der Waals surface area contributed by atoms with Gasteiger partial charge in [-0.15, -0.1) is 0 Å². The van der Waals surface area contributed by atoms with Gasteiger partial charge in [0.25, 0.3) is 0 Å². The molecule has 0 radical (unpaired) electrons. The van der Waals surface area contributed by atoms with Crippen molar-refractivity contribution in [1.29, 1.82) is 0 Å². The molecule has 0 spiro atoms. The van der Waals surface area contributed by atoms with Crippen LogP contribution in [0.5, 0.6) is 0 Å². The van der Waals surface area contributed by atoms with E-state index in [4.69, 9.17) is 4.74 Å². The minimum atomic E-state index is -2.93. The van der Waals surface area contributed by atoms with Crippen LogP contribution in [-0.4, -0.2) is 46.2 Å². The zero-order chi connectivity index (χ0) is 10.8. The third-order valence-corrected chi connectivity index (χ3v) is 5.23. The summed E-state index contributed by atoms with van der Waals surface area (Å²) in [6.45, 7) is 3.87. The van der Waals surface area contributed by atoms with Crippen LogP contribution in [0.4, 0.5) is 0 Å². The molecule has 0 saturated heterocycles. The third-order valence-electron chi connectivity index (χ3n) is 3.04. The van der Waals surface area contributed by atoms with E-state index in [1.165, 1.54) is 6.26 Å². The Morgan fingerprint density at radius 3 is 2.50 bits per heavy atom. The number of hydrogen-bond donors (Lipinski definition) is 1. The second-order valence-electron chi connectivity index (χ2n) is 4.11. The molecule has 0 aliphatic heterocycles. The average Bonchev–Trinajstić information content (AvgIpc) is 2.71. The number of nitrogens with one attached hydrogen (secondary N) is 1. The molecule has 0 aromatic heterocycles. The summed E-state index contributed by atoms with van der Waals surface area (Å²) < 4.78 is 27.4. The minimum Gasteiger partial charge on any atom is -0.383 e. The zero-order valence-corrected chi connectivity index (χ0v) is 9.86. The van der Waals surface area contributed by atoms with E-state index in [2.05, 4.69) is 5.32 Å². The fourth-order valence-corrected chi connectivity index (χ4v) is 3.48. The van der Waals surface area contributed by atoms with Crippen LogP contribution in [0.15, 0.2) is 0 Å². The van der Waals surface area contributed by atoms with Crippen molar-refractivity contribution < 1.29 is 13.2 Å². The second-order valence-corrected chi connectivity index (χ2v) is 6.47. The van der Waals surface area contributed by atoms with Crippen LogP contribution in [0.2, 0.25) is 0 Å². The van der Waals surface area contributed by atoms with Crippen molar-refractivity contribution in [3.63, 3.8) is 0 Å². The molecule has 0 aromatic rings. The Bertz CT molecular complexity index is 288. The molecular formula is C9H19NO3S. The van der Waals surface area contributed by atoms with Crippen molar-refractivity contribution in [3.8, 4) is 0 Å². The first-order valence-electron chi connectivity index (χ1n) is 4.83. The quantitative estimate of drug-likeness (QED) is 0.644. The summed E-state index contributed by atoms with van der Waals surface area (Å²) in [5, 5.41) is 3.12. The summed E-state index contributed by atoms with van der Waals surface area (Å²) in [6.07, 6.45) is 2.11. The molecule has 2 atom stereocenters. The van der Waals surface area contributed by atoms with Crippen LogP contribution in [0.25, 0.3) is 0 Å². The van der Waals surface area contributed by atoms with Gasteiger partial charge in [0.1, 0.15) is 0 Å². The smallest absolute Gasteiger partial charge is 0.154 e. The van der Waals surface area contributed by atoms with Gasteiger partial charge in [0, 0.05) is 26.5 Å². The van der Waals surface area contributed by atoms with E-state index in [1.807, 2.05) is 6.92 Å². The summed E-state index contributed by atoms with van der Waals surface area (Å²) in [6, 6.07) is 0. The molecule has 4 nitrogen and oxygen atoms in total. The maximum absolute atomic E-state index is 11.5. The molecule has 1 rings (SSSR count). The molecule has 1 fully saturated rings. The van der Waals surface area contributed by atoms with Crippen LogP contribution in [0, 0.1) is 5.92 Å². The predicted molar refractivity (Wildman–Crippen MR) is 56.1 cm³/mol. The Morgan fingerprint density at radius 1 is 1.57 bits per heavy atom. The molecule has 0 bridgehead atoms. The number of hydrogen-bond acceptors (Lipinski definition) is 4. The van der Waals surface area contributed by atoms with Crippen LogP contribution in [0.3, 0.4) is 0 Å². The molecule has 1 aliphatic rings. The van der Waals surface area contributed by atoms with Gasteiger partial charge in [0.2, 0.25) is 0 Å². The monoisotopic (exact) mass is 221 g/mol. The fraction of sp³-hybridized carbons (Fsp3) is 1.00. The summed E-state index contributed by atoms with van der Waals surface area (Å²) in [5.74, 6) is 0.285. The number of rotatable bonds is 6. The highest BCUT2D eigenvalue weighted by atomic mass is 32.2. The summed E-state index contributed by atoms with van der Waals surface area (Å²) in [5.41, 5.74) is 0. The fourth-order valence-electron chi connectivity index (χ4n) is 1.83. The Kier molecular flexibility index (Phi) is 3.55. The average molecular weight is 221 g/mol. The normalized spacial score (nSPS) is 31.8. The summed E-state index contributed by atoms with van der Waals surface area (Å²) in [7, 11) is -1.30. The lowest BCUT2D eigenvalue weighted by Gasteiger charge is -2.15. The van der Waals surface area contributed by atoms with Gasteiger partial charge in [0.15, 0.2) is 9.84 Å². The SMILES string of the molecule is COCCNCC1(S(C)(=O)=O)CC1C. The molecule has 0 aromatic carbocycles. The van der Waals surface area contributed by atoms with E-state index < -0.39 is 14.6 Å². The lowest BCUT2D eigenvalue weighted by atomic mass is 10.3. The van der Waals surface area contributed by atoms with Gasteiger partial charge < -0.3 is 10.1 Å². The van der Waals surface area contributed by atoms with Crippen molar-refractivity contribution in [2.45, 2.75) is 18.1 Å². The van der Waals surface area contributed by atoms with Gasteiger partial charge in [-0.25, -0.2) is 8.42 Å². The van der Waals surface area contributed by atoms with Crippen molar-refractivity contribution in [2.75, 3.05) is 33.1 Å². The maximum Gasteiger partial charge on any atom is 0.154 e. The lowest BCUT2D eigenvalue weighted by molar-refractivity contribution is 0.199. The van der Waals surface area contributed by atoms with Crippen LogP contribution in [0.1, 0.15) is 13.3 Å². The van der Waals surface area contributed by atoms with Crippen molar-refractivity contribution >= 4 is 9.84 Å². The molecule has 0 amide bonds. The molecule has 2 unspecified atom stereocenters. The maximum atomic E-state index is 11.5. The summed E-state index contributed by atoms with van der Waals surface area (Å²) in [4.78, 5) is 0. The Balaban J connectivity index is 2.42. The molecule has 84 valence electrons.